The van der Waals surface area contributed by atoms with E-state index in [0.29, 0.717) is 44.1 Å². The van der Waals surface area contributed by atoms with E-state index in [1.165, 1.54) is 12.4 Å². The smallest absolute Gasteiger partial charge is 0.270 e. The van der Waals surface area contributed by atoms with Crippen molar-refractivity contribution in [3.8, 4) is 0 Å². The van der Waals surface area contributed by atoms with E-state index < -0.39 is 0 Å². The standard InChI is InChI=1S/C20H26FN5O/c1-2-3-6-9-22-20(27)17-14-19(24-15-23-17)26-12-10-25(11-13-26)18-8-5-4-7-16(18)21/h4-5,7-8,14-15H,2-3,6,9-13H2,1H3,(H,22,27). The molecule has 1 saturated heterocycles. The zero-order valence-corrected chi connectivity index (χ0v) is 15.7. The Morgan fingerprint density at radius 2 is 1.85 bits per heavy atom. The zero-order chi connectivity index (χ0) is 19.1. The van der Waals surface area contributed by atoms with Gasteiger partial charge in [0.05, 0.1) is 5.69 Å². The second kappa shape index (κ2) is 9.30. The highest BCUT2D eigenvalue weighted by Crippen LogP contribution is 2.22. The van der Waals surface area contributed by atoms with Gasteiger partial charge in [0, 0.05) is 38.8 Å². The van der Waals surface area contributed by atoms with E-state index in [-0.39, 0.29) is 11.7 Å². The second-order valence-corrected chi connectivity index (χ2v) is 6.65. The third-order valence-corrected chi connectivity index (χ3v) is 4.75. The summed E-state index contributed by atoms with van der Waals surface area (Å²) in [5.41, 5.74) is 1.01. The first-order chi connectivity index (χ1) is 13.2. The lowest BCUT2D eigenvalue weighted by Gasteiger charge is -2.36. The molecule has 0 radical (unpaired) electrons. The molecule has 0 bridgehead atoms. The Hall–Kier alpha value is -2.70. The Labute approximate surface area is 159 Å². The number of nitrogens with one attached hydrogen (secondary N) is 1. The number of hydrogen-bond acceptors (Lipinski definition) is 5. The Kier molecular flexibility index (Phi) is 6.57. The number of aromatic nitrogens is 2. The molecule has 3 rings (SSSR count). The van der Waals surface area contributed by atoms with Crippen LogP contribution in [0.5, 0.6) is 0 Å². The molecule has 0 atom stereocenters. The number of carbonyl (C=O) groups is 1. The molecule has 0 unspecified atom stereocenters. The monoisotopic (exact) mass is 371 g/mol. The van der Waals surface area contributed by atoms with Crippen LogP contribution in [0.15, 0.2) is 36.7 Å². The van der Waals surface area contributed by atoms with Gasteiger partial charge in [-0.25, -0.2) is 14.4 Å². The highest BCUT2D eigenvalue weighted by molar-refractivity contribution is 5.92. The Bertz CT molecular complexity index is 762. The molecular formula is C20H26FN5O. The van der Waals surface area contributed by atoms with Gasteiger partial charge >= 0.3 is 0 Å². The van der Waals surface area contributed by atoms with Crippen molar-refractivity contribution in [3.05, 3.63) is 48.2 Å². The van der Waals surface area contributed by atoms with Crippen LogP contribution in [0.25, 0.3) is 0 Å². The molecule has 1 amide bonds. The molecule has 0 aliphatic carbocycles. The maximum Gasteiger partial charge on any atom is 0.270 e. The Morgan fingerprint density at radius 1 is 1.11 bits per heavy atom. The quantitative estimate of drug-likeness (QED) is 0.759. The molecule has 1 N–H and O–H groups in total. The van der Waals surface area contributed by atoms with E-state index in [9.17, 15) is 9.18 Å². The van der Waals surface area contributed by atoms with Crippen molar-refractivity contribution < 1.29 is 9.18 Å². The van der Waals surface area contributed by atoms with Crippen molar-refractivity contribution >= 4 is 17.4 Å². The van der Waals surface area contributed by atoms with Crippen molar-refractivity contribution in [1.82, 2.24) is 15.3 Å². The van der Waals surface area contributed by atoms with Crippen LogP contribution in [0.2, 0.25) is 0 Å². The number of benzene rings is 1. The number of hydrogen-bond donors (Lipinski definition) is 1. The summed E-state index contributed by atoms with van der Waals surface area (Å²) in [6.07, 6.45) is 4.62. The van der Waals surface area contributed by atoms with Gasteiger partial charge in [-0.1, -0.05) is 31.9 Å². The molecule has 1 aromatic heterocycles. The van der Waals surface area contributed by atoms with Crippen LogP contribution in [0.1, 0.15) is 36.7 Å². The number of rotatable bonds is 7. The fourth-order valence-electron chi connectivity index (χ4n) is 3.20. The van der Waals surface area contributed by atoms with Gasteiger partial charge in [0.2, 0.25) is 0 Å². The van der Waals surface area contributed by atoms with Crippen LogP contribution in [0, 0.1) is 5.82 Å². The van der Waals surface area contributed by atoms with Gasteiger partial charge in [0.25, 0.3) is 5.91 Å². The number of halogens is 1. The molecule has 6 nitrogen and oxygen atoms in total. The van der Waals surface area contributed by atoms with E-state index in [0.717, 1.165) is 25.1 Å². The molecule has 2 heterocycles. The van der Waals surface area contributed by atoms with Gasteiger partial charge in [-0.3, -0.25) is 4.79 Å². The van der Waals surface area contributed by atoms with Gasteiger partial charge in [0.1, 0.15) is 23.7 Å². The van der Waals surface area contributed by atoms with E-state index in [1.807, 2.05) is 11.0 Å². The predicted octanol–water partition coefficient (Wildman–Crippen LogP) is 2.86. The molecular weight excluding hydrogens is 345 g/mol. The number of unbranched alkanes of at least 4 members (excludes halogenated alkanes) is 2. The van der Waals surface area contributed by atoms with Crippen LogP contribution in [-0.4, -0.2) is 48.6 Å². The topological polar surface area (TPSA) is 61.4 Å². The lowest BCUT2D eigenvalue weighted by molar-refractivity contribution is 0.0948. The molecule has 7 heteroatoms. The van der Waals surface area contributed by atoms with Crippen LogP contribution in [0.4, 0.5) is 15.9 Å². The number of anilines is 2. The Balaban J connectivity index is 1.58. The summed E-state index contributed by atoms with van der Waals surface area (Å²) in [5.74, 6) is 0.367. The predicted molar refractivity (Wildman–Crippen MR) is 105 cm³/mol. The minimum Gasteiger partial charge on any atom is -0.366 e. The fraction of sp³-hybridized carbons (Fsp3) is 0.450. The average Bonchev–Trinajstić information content (AvgIpc) is 2.72. The van der Waals surface area contributed by atoms with Crippen LogP contribution >= 0.6 is 0 Å². The van der Waals surface area contributed by atoms with Crippen molar-refractivity contribution in [2.24, 2.45) is 0 Å². The molecule has 0 saturated carbocycles. The first-order valence-corrected chi connectivity index (χ1v) is 9.53. The lowest BCUT2D eigenvalue weighted by atomic mass is 10.2. The molecule has 1 aromatic carbocycles. The minimum absolute atomic E-state index is 0.167. The van der Waals surface area contributed by atoms with Crippen LogP contribution < -0.4 is 15.1 Å². The summed E-state index contributed by atoms with van der Waals surface area (Å²) in [6, 6.07) is 8.56. The van der Waals surface area contributed by atoms with Gasteiger partial charge < -0.3 is 15.1 Å². The van der Waals surface area contributed by atoms with Crippen molar-refractivity contribution in [2.75, 3.05) is 42.5 Å². The van der Waals surface area contributed by atoms with Crippen molar-refractivity contribution in [3.63, 3.8) is 0 Å². The molecule has 2 aromatic rings. The minimum atomic E-state index is -0.199. The maximum absolute atomic E-state index is 14.0. The summed E-state index contributed by atoms with van der Waals surface area (Å²) in [7, 11) is 0. The normalized spacial score (nSPS) is 14.3. The highest BCUT2D eigenvalue weighted by atomic mass is 19.1. The number of para-hydroxylation sites is 1. The van der Waals surface area contributed by atoms with Crippen LogP contribution in [0.3, 0.4) is 0 Å². The molecule has 1 fully saturated rings. The number of carbonyl (C=O) groups excluding carboxylic acids is 1. The van der Waals surface area contributed by atoms with E-state index in [1.54, 1.807) is 18.2 Å². The van der Waals surface area contributed by atoms with Crippen molar-refractivity contribution in [2.45, 2.75) is 26.2 Å². The van der Waals surface area contributed by atoms with Gasteiger partial charge in [-0.05, 0) is 18.6 Å². The van der Waals surface area contributed by atoms with Gasteiger partial charge in [-0.2, -0.15) is 0 Å². The Morgan fingerprint density at radius 3 is 2.59 bits per heavy atom. The third kappa shape index (κ3) is 4.93. The summed E-state index contributed by atoms with van der Waals surface area (Å²) in [6.45, 7) is 5.61. The second-order valence-electron chi connectivity index (χ2n) is 6.65. The zero-order valence-electron chi connectivity index (χ0n) is 15.7. The van der Waals surface area contributed by atoms with Crippen molar-refractivity contribution in [1.29, 1.82) is 0 Å². The lowest BCUT2D eigenvalue weighted by Crippen LogP contribution is -2.47. The van der Waals surface area contributed by atoms with E-state index in [2.05, 4.69) is 27.1 Å². The summed E-state index contributed by atoms with van der Waals surface area (Å²) in [5, 5.41) is 2.90. The number of amides is 1. The van der Waals surface area contributed by atoms with E-state index >= 15 is 0 Å². The number of nitrogens with zero attached hydrogens (tertiary/aromatic N) is 4. The van der Waals surface area contributed by atoms with E-state index in [4.69, 9.17) is 0 Å². The molecule has 1 aliphatic rings. The molecule has 1 aliphatic heterocycles. The van der Waals surface area contributed by atoms with Gasteiger partial charge in [-0.15, -0.1) is 0 Å². The number of piperazine rings is 1. The SMILES string of the molecule is CCCCCNC(=O)c1cc(N2CCN(c3ccccc3F)CC2)ncn1. The third-order valence-electron chi connectivity index (χ3n) is 4.75. The molecule has 27 heavy (non-hydrogen) atoms. The maximum atomic E-state index is 14.0. The molecule has 144 valence electrons. The first kappa shape index (κ1) is 19.1. The van der Waals surface area contributed by atoms with Crippen LogP contribution in [-0.2, 0) is 0 Å². The summed E-state index contributed by atoms with van der Waals surface area (Å²) in [4.78, 5) is 24.8. The highest BCUT2D eigenvalue weighted by Gasteiger charge is 2.21. The average molecular weight is 371 g/mol. The largest absolute Gasteiger partial charge is 0.366 e. The first-order valence-electron chi connectivity index (χ1n) is 9.53. The van der Waals surface area contributed by atoms with Gasteiger partial charge in [0.15, 0.2) is 0 Å². The summed E-state index contributed by atoms with van der Waals surface area (Å²) >= 11 is 0. The molecule has 0 spiro atoms. The summed E-state index contributed by atoms with van der Waals surface area (Å²) < 4.78 is 14.0. The fourth-order valence-corrected chi connectivity index (χ4v) is 3.20.